The average molecular weight is 366 g/mol. The van der Waals surface area contributed by atoms with Crippen molar-refractivity contribution >= 4 is 29.0 Å². The first-order valence-electron chi connectivity index (χ1n) is 9.13. The summed E-state index contributed by atoms with van der Waals surface area (Å²) in [6, 6.07) is 14.3. The van der Waals surface area contributed by atoms with E-state index in [1.165, 1.54) is 0 Å². The molecule has 2 aromatic carbocycles. The summed E-state index contributed by atoms with van der Waals surface area (Å²) in [4.78, 5) is 35.9. The van der Waals surface area contributed by atoms with Crippen molar-refractivity contribution in [3.05, 3.63) is 59.7 Å². The first kappa shape index (κ1) is 20.4. The number of aryl methyl sites for hydroxylation is 1. The van der Waals surface area contributed by atoms with Gasteiger partial charge in [-0.1, -0.05) is 43.7 Å². The fourth-order valence-corrected chi connectivity index (χ4v) is 2.55. The van der Waals surface area contributed by atoms with Gasteiger partial charge in [-0.2, -0.15) is 0 Å². The van der Waals surface area contributed by atoms with Crippen molar-refractivity contribution in [1.29, 1.82) is 0 Å². The molecule has 5 heteroatoms. The molecule has 2 amide bonds. The second-order valence-electron chi connectivity index (χ2n) is 7.06. The van der Waals surface area contributed by atoms with Crippen molar-refractivity contribution in [2.24, 2.45) is 5.92 Å². The first-order chi connectivity index (χ1) is 12.8. The lowest BCUT2D eigenvalue weighted by Gasteiger charge is -2.09. The van der Waals surface area contributed by atoms with Crippen LogP contribution in [0.25, 0.3) is 0 Å². The topological polar surface area (TPSA) is 75.3 Å². The number of ketones is 1. The van der Waals surface area contributed by atoms with Crippen LogP contribution in [0.2, 0.25) is 0 Å². The van der Waals surface area contributed by atoms with E-state index in [0.717, 1.165) is 5.56 Å². The lowest BCUT2D eigenvalue weighted by atomic mass is 10.0. The zero-order valence-corrected chi connectivity index (χ0v) is 16.0. The van der Waals surface area contributed by atoms with Crippen LogP contribution in [0.3, 0.4) is 0 Å². The molecule has 0 spiro atoms. The van der Waals surface area contributed by atoms with Gasteiger partial charge in [0.25, 0.3) is 0 Å². The highest BCUT2D eigenvalue weighted by Gasteiger charge is 2.10. The summed E-state index contributed by atoms with van der Waals surface area (Å²) in [7, 11) is 0. The van der Waals surface area contributed by atoms with Crippen molar-refractivity contribution in [2.45, 2.75) is 40.0 Å². The highest BCUT2D eigenvalue weighted by molar-refractivity contribution is 6.00. The molecule has 2 aromatic rings. The molecular weight excluding hydrogens is 340 g/mol. The third-order valence-electron chi connectivity index (χ3n) is 4.00. The Bertz CT molecular complexity index is 793. The summed E-state index contributed by atoms with van der Waals surface area (Å²) >= 11 is 0. The molecule has 5 nitrogen and oxygen atoms in total. The summed E-state index contributed by atoms with van der Waals surface area (Å²) in [6.07, 6.45) is 0.755. The maximum atomic E-state index is 12.1. The Morgan fingerprint density at radius 3 is 1.81 bits per heavy atom. The minimum absolute atomic E-state index is 0.0311. The number of carbonyl (C=O) groups excluding carboxylic acids is 3. The maximum Gasteiger partial charge on any atom is 0.224 e. The smallest absolute Gasteiger partial charge is 0.224 e. The van der Waals surface area contributed by atoms with E-state index in [9.17, 15) is 14.4 Å². The lowest BCUT2D eigenvalue weighted by Crippen LogP contribution is -2.15. The zero-order chi connectivity index (χ0) is 19.8. The van der Waals surface area contributed by atoms with Crippen LogP contribution in [0.4, 0.5) is 11.4 Å². The number of carbonyl (C=O) groups is 3. The van der Waals surface area contributed by atoms with E-state index in [-0.39, 0.29) is 30.4 Å². The monoisotopic (exact) mass is 366 g/mol. The quantitative estimate of drug-likeness (QED) is 0.671. The van der Waals surface area contributed by atoms with Crippen LogP contribution in [0.15, 0.2) is 48.5 Å². The van der Waals surface area contributed by atoms with E-state index in [0.29, 0.717) is 29.3 Å². The van der Waals surface area contributed by atoms with E-state index in [1.54, 1.807) is 36.4 Å². The molecule has 142 valence electrons. The average Bonchev–Trinajstić information content (AvgIpc) is 2.61. The van der Waals surface area contributed by atoms with Gasteiger partial charge in [0.1, 0.15) is 0 Å². The largest absolute Gasteiger partial charge is 0.326 e. The fraction of sp³-hybridized carbons (Fsp3) is 0.318. The number of nitrogens with one attached hydrogen (secondary N) is 2. The second kappa shape index (κ2) is 9.67. The standard InChI is InChI=1S/C22H26N2O3/c1-15(2)14-22(27)24-19-10-8-18(9-11-19)23-21(26)13-12-20(25)17-6-4-16(3)5-7-17/h4-11,15H,12-14H2,1-3H3,(H,23,26)(H,24,27). The van der Waals surface area contributed by atoms with E-state index < -0.39 is 0 Å². The highest BCUT2D eigenvalue weighted by atomic mass is 16.2. The maximum absolute atomic E-state index is 12.1. The molecule has 0 unspecified atom stereocenters. The number of benzene rings is 2. The minimum atomic E-state index is -0.216. The number of anilines is 2. The van der Waals surface area contributed by atoms with Crippen LogP contribution in [0.5, 0.6) is 0 Å². The molecular formula is C22H26N2O3. The van der Waals surface area contributed by atoms with Gasteiger partial charge in [0.05, 0.1) is 0 Å². The number of hydrogen-bond acceptors (Lipinski definition) is 3. The van der Waals surface area contributed by atoms with Gasteiger partial charge in [0.2, 0.25) is 11.8 Å². The van der Waals surface area contributed by atoms with Crippen molar-refractivity contribution in [3.8, 4) is 0 Å². The van der Waals surface area contributed by atoms with Crippen molar-refractivity contribution < 1.29 is 14.4 Å². The van der Waals surface area contributed by atoms with E-state index in [2.05, 4.69) is 10.6 Å². The van der Waals surface area contributed by atoms with Gasteiger partial charge < -0.3 is 10.6 Å². The fourth-order valence-electron chi connectivity index (χ4n) is 2.55. The van der Waals surface area contributed by atoms with E-state index >= 15 is 0 Å². The van der Waals surface area contributed by atoms with Gasteiger partial charge >= 0.3 is 0 Å². The molecule has 0 saturated heterocycles. The molecule has 0 aliphatic carbocycles. The number of amides is 2. The van der Waals surface area contributed by atoms with Gasteiger partial charge in [-0.25, -0.2) is 0 Å². The van der Waals surface area contributed by atoms with E-state index in [1.807, 2.05) is 32.9 Å². The third kappa shape index (κ3) is 7.05. The summed E-state index contributed by atoms with van der Waals surface area (Å²) < 4.78 is 0. The van der Waals surface area contributed by atoms with E-state index in [4.69, 9.17) is 0 Å². The molecule has 0 heterocycles. The molecule has 2 rings (SSSR count). The van der Waals surface area contributed by atoms with Crippen LogP contribution >= 0.6 is 0 Å². The Balaban J connectivity index is 1.80. The van der Waals surface area contributed by atoms with Crippen LogP contribution in [0, 0.1) is 12.8 Å². The molecule has 0 fully saturated rings. The molecule has 0 atom stereocenters. The van der Waals surface area contributed by atoms with Crippen LogP contribution in [-0.4, -0.2) is 17.6 Å². The molecule has 0 bridgehead atoms. The predicted octanol–water partition coefficient (Wildman–Crippen LogP) is 4.58. The summed E-state index contributed by atoms with van der Waals surface area (Å²) in [5.41, 5.74) is 3.03. The zero-order valence-electron chi connectivity index (χ0n) is 16.0. The first-order valence-corrected chi connectivity index (χ1v) is 9.13. The van der Waals surface area contributed by atoms with Crippen molar-refractivity contribution in [2.75, 3.05) is 10.6 Å². The summed E-state index contributed by atoms with van der Waals surface area (Å²) in [5, 5.41) is 5.59. The Kier molecular flexibility index (Phi) is 7.29. The van der Waals surface area contributed by atoms with Crippen molar-refractivity contribution in [1.82, 2.24) is 0 Å². The van der Waals surface area contributed by atoms with Crippen LogP contribution < -0.4 is 10.6 Å². The Labute approximate surface area is 160 Å². The number of rotatable bonds is 8. The summed E-state index contributed by atoms with van der Waals surface area (Å²) in [5.74, 6) is 0.00278. The lowest BCUT2D eigenvalue weighted by molar-refractivity contribution is -0.117. The van der Waals surface area contributed by atoms with Gasteiger partial charge in [-0.05, 0) is 37.1 Å². The van der Waals surface area contributed by atoms with Crippen molar-refractivity contribution in [3.63, 3.8) is 0 Å². The van der Waals surface area contributed by atoms with Gasteiger partial charge in [0.15, 0.2) is 5.78 Å². The molecule has 27 heavy (non-hydrogen) atoms. The second-order valence-corrected chi connectivity index (χ2v) is 7.06. The Morgan fingerprint density at radius 2 is 1.30 bits per heavy atom. The Hall–Kier alpha value is -2.95. The molecule has 0 aliphatic heterocycles. The summed E-state index contributed by atoms with van der Waals surface area (Å²) in [6.45, 7) is 5.94. The third-order valence-corrected chi connectivity index (χ3v) is 4.00. The SMILES string of the molecule is Cc1ccc(C(=O)CCC(=O)Nc2ccc(NC(=O)CC(C)C)cc2)cc1. The van der Waals surface area contributed by atoms with Crippen LogP contribution in [-0.2, 0) is 9.59 Å². The molecule has 2 N–H and O–H groups in total. The Morgan fingerprint density at radius 1 is 0.778 bits per heavy atom. The molecule has 0 aromatic heterocycles. The highest BCUT2D eigenvalue weighted by Crippen LogP contribution is 2.15. The molecule has 0 radical (unpaired) electrons. The number of Topliss-reactive ketones (excluding diaryl/α,β-unsaturated/α-hetero) is 1. The van der Waals surface area contributed by atoms with Gasteiger partial charge in [-0.15, -0.1) is 0 Å². The van der Waals surface area contributed by atoms with Crippen LogP contribution in [0.1, 0.15) is 49.0 Å². The van der Waals surface area contributed by atoms with Gasteiger partial charge in [-0.3, -0.25) is 14.4 Å². The number of hydrogen-bond donors (Lipinski definition) is 2. The normalized spacial score (nSPS) is 10.5. The molecule has 0 saturated carbocycles. The van der Waals surface area contributed by atoms with Gasteiger partial charge in [0, 0.05) is 36.2 Å². The molecule has 0 aliphatic rings. The predicted molar refractivity (Wildman–Crippen MR) is 108 cm³/mol. The minimum Gasteiger partial charge on any atom is -0.326 e.